The third kappa shape index (κ3) is 3.25. The maximum Gasteiger partial charge on any atom is 0.139 e. The zero-order valence-electron chi connectivity index (χ0n) is 11.6. The van der Waals surface area contributed by atoms with Crippen LogP contribution < -0.4 is 0 Å². The quantitative estimate of drug-likeness (QED) is 0.751. The molecular weight excluding hydrogens is 359 g/mol. The average molecular weight is 376 g/mol. The second kappa shape index (κ2) is 6.63. The number of rotatable bonds is 4. The predicted molar refractivity (Wildman–Crippen MR) is 85.4 cm³/mol. The first-order valence-electron chi connectivity index (χ1n) is 7.17. The molecule has 0 N–H and O–H groups in total. The van der Waals surface area contributed by atoms with Crippen molar-refractivity contribution in [1.29, 1.82) is 0 Å². The Morgan fingerprint density at radius 1 is 1.38 bits per heavy atom. The van der Waals surface area contributed by atoms with Gasteiger partial charge < -0.3 is 9.30 Å². The Morgan fingerprint density at radius 3 is 2.86 bits per heavy atom. The van der Waals surface area contributed by atoms with Crippen LogP contribution in [0.25, 0.3) is 11.0 Å². The number of ether oxygens (including phenoxy) is 1. The first-order valence-corrected chi connectivity index (χ1v) is 8.49. The molecule has 2 heterocycles. The molecule has 3 nitrogen and oxygen atoms in total. The van der Waals surface area contributed by atoms with Crippen molar-refractivity contribution in [3.8, 4) is 0 Å². The molecule has 6 heteroatoms. The van der Waals surface area contributed by atoms with E-state index in [9.17, 15) is 4.39 Å². The van der Waals surface area contributed by atoms with Gasteiger partial charge in [0, 0.05) is 38.1 Å². The van der Waals surface area contributed by atoms with Crippen molar-refractivity contribution < 1.29 is 9.13 Å². The fourth-order valence-corrected chi connectivity index (χ4v) is 3.34. The van der Waals surface area contributed by atoms with E-state index in [-0.39, 0.29) is 5.82 Å². The second-order valence-electron chi connectivity index (χ2n) is 5.39. The standard InChI is InChI=1S/C15H17BrClFN2O/c16-11-7-13-14(8-12(11)18)20(15(19-13)1-4-17)9-10-2-5-21-6-3-10/h7-8,10H,1-6,9H2. The Morgan fingerprint density at radius 2 is 2.14 bits per heavy atom. The number of imidazole rings is 1. The van der Waals surface area contributed by atoms with Crippen LogP contribution in [0.3, 0.4) is 0 Å². The third-order valence-corrected chi connectivity index (χ3v) is 4.77. The molecule has 0 aliphatic carbocycles. The number of nitrogens with zero attached hydrogens (tertiary/aromatic N) is 2. The topological polar surface area (TPSA) is 27.1 Å². The monoisotopic (exact) mass is 374 g/mol. The van der Waals surface area contributed by atoms with Crippen LogP contribution in [0, 0.1) is 11.7 Å². The van der Waals surface area contributed by atoms with E-state index < -0.39 is 0 Å². The molecule has 114 valence electrons. The minimum atomic E-state index is -0.256. The van der Waals surface area contributed by atoms with E-state index in [0.717, 1.165) is 49.5 Å². The molecule has 21 heavy (non-hydrogen) atoms. The molecule has 0 atom stereocenters. The van der Waals surface area contributed by atoms with Gasteiger partial charge in [0.05, 0.1) is 15.5 Å². The summed E-state index contributed by atoms with van der Waals surface area (Å²) in [5.74, 6) is 1.75. The summed E-state index contributed by atoms with van der Waals surface area (Å²) in [4.78, 5) is 4.62. The van der Waals surface area contributed by atoms with E-state index in [1.54, 1.807) is 12.1 Å². The molecule has 3 rings (SSSR count). The number of hydrogen-bond acceptors (Lipinski definition) is 2. The van der Waals surface area contributed by atoms with Crippen molar-refractivity contribution in [2.75, 3.05) is 19.1 Å². The molecule has 1 saturated heterocycles. The Kier molecular flexibility index (Phi) is 4.82. The molecule has 0 bridgehead atoms. The lowest BCUT2D eigenvalue weighted by Gasteiger charge is -2.23. The second-order valence-corrected chi connectivity index (χ2v) is 6.62. The first kappa shape index (κ1) is 15.3. The van der Waals surface area contributed by atoms with Gasteiger partial charge >= 0.3 is 0 Å². The zero-order chi connectivity index (χ0) is 14.8. The number of aryl methyl sites for hydroxylation is 1. The number of benzene rings is 1. The van der Waals surface area contributed by atoms with Gasteiger partial charge in [-0.15, -0.1) is 11.6 Å². The largest absolute Gasteiger partial charge is 0.381 e. The van der Waals surface area contributed by atoms with Gasteiger partial charge in [0.2, 0.25) is 0 Å². The van der Waals surface area contributed by atoms with Crippen LogP contribution in [0.5, 0.6) is 0 Å². The first-order chi connectivity index (χ1) is 10.2. The van der Waals surface area contributed by atoms with Crippen LogP contribution >= 0.6 is 27.5 Å². The molecule has 1 aromatic carbocycles. The molecule has 0 spiro atoms. The van der Waals surface area contributed by atoms with Crippen molar-refractivity contribution in [3.63, 3.8) is 0 Å². The molecule has 1 aromatic heterocycles. The number of alkyl halides is 1. The van der Waals surface area contributed by atoms with Crippen LogP contribution in [0.4, 0.5) is 4.39 Å². The summed E-state index contributed by atoms with van der Waals surface area (Å²) in [6, 6.07) is 3.30. The van der Waals surface area contributed by atoms with Crippen LogP contribution in [-0.2, 0) is 17.7 Å². The number of hydrogen-bond donors (Lipinski definition) is 0. The summed E-state index contributed by atoms with van der Waals surface area (Å²) in [5, 5.41) is 0. The smallest absolute Gasteiger partial charge is 0.139 e. The molecule has 1 fully saturated rings. The van der Waals surface area contributed by atoms with Gasteiger partial charge in [-0.05, 0) is 40.8 Å². The van der Waals surface area contributed by atoms with E-state index in [2.05, 4.69) is 25.5 Å². The molecular formula is C15H17BrClFN2O. The highest BCUT2D eigenvalue weighted by molar-refractivity contribution is 9.10. The van der Waals surface area contributed by atoms with E-state index in [1.165, 1.54) is 0 Å². The summed E-state index contributed by atoms with van der Waals surface area (Å²) in [5.41, 5.74) is 1.66. The van der Waals surface area contributed by atoms with Crippen molar-refractivity contribution >= 4 is 38.6 Å². The summed E-state index contributed by atoms with van der Waals surface area (Å²) in [6.45, 7) is 2.47. The van der Waals surface area contributed by atoms with Crippen molar-refractivity contribution in [3.05, 3.63) is 28.2 Å². The lowest BCUT2D eigenvalue weighted by atomic mass is 10.0. The Labute approximate surface area is 136 Å². The predicted octanol–water partition coefficient (Wildman–Crippen LogP) is 4.15. The van der Waals surface area contributed by atoms with Crippen molar-refractivity contribution in [1.82, 2.24) is 9.55 Å². The minimum absolute atomic E-state index is 0.256. The normalized spacial score (nSPS) is 16.7. The molecule has 0 amide bonds. The molecule has 0 unspecified atom stereocenters. The Hall–Kier alpha value is -0.650. The lowest BCUT2D eigenvalue weighted by Crippen LogP contribution is -2.21. The molecule has 1 aliphatic heterocycles. The third-order valence-electron chi connectivity index (χ3n) is 3.97. The van der Waals surface area contributed by atoms with E-state index in [1.807, 2.05) is 0 Å². The van der Waals surface area contributed by atoms with Gasteiger partial charge in [0.15, 0.2) is 0 Å². The highest BCUT2D eigenvalue weighted by Crippen LogP contribution is 2.27. The van der Waals surface area contributed by atoms with Crippen LogP contribution in [-0.4, -0.2) is 28.6 Å². The maximum absolute atomic E-state index is 13.9. The fraction of sp³-hybridized carbons (Fsp3) is 0.533. The van der Waals surface area contributed by atoms with Gasteiger partial charge in [0.25, 0.3) is 0 Å². The van der Waals surface area contributed by atoms with Gasteiger partial charge in [-0.3, -0.25) is 0 Å². The lowest BCUT2D eigenvalue weighted by molar-refractivity contribution is 0.0613. The molecule has 2 aromatic rings. The van der Waals surface area contributed by atoms with E-state index in [0.29, 0.717) is 22.7 Å². The van der Waals surface area contributed by atoms with E-state index in [4.69, 9.17) is 16.3 Å². The van der Waals surface area contributed by atoms with Gasteiger partial charge in [0.1, 0.15) is 11.6 Å². The minimum Gasteiger partial charge on any atom is -0.381 e. The zero-order valence-corrected chi connectivity index (χ0v) is 14.0. The summed E-state index contributed by atoms with van der Waals surface area (Å²) >= 11 is 9.11. The fourth-order valence-electron chi connectivity index (χ4n) is 2.84. The number of halogens is 3. The van der Waals surface area contributed by atoms with E-state index >= 15 is 0 Å². The van der Waals surface area contributed by atoms with Crippen molar-refractivity contribution in [2.24, 2.45) is 5.92 Å². The summed E-state index contributed by atoms with van der Waals surface area (Å²) < 4.78 is 21.9. The summed E-state index contributed by atoms with van der Waals surface area (Å²) in [6.07, 6.45) is 2.77. The highest BCUT2D eigenvalue weighted by Gasteiger charge is 2.19. The molecule has 1 aliphatic rings. The Bertz CT molecular complexity index is 640. The SMILES string of the molecule is Fc1cc2c(cc1Br)nc(CCCl)n2CC1CCOCC1. The molecule has 0 radical (unpaired) electrons. The van der Waals surface area contributed by atoms with Crippen LogP contribution in [0.1, 0.15) is 18.7 Å². The van der Waals surface area contributed by atoms with Gasteiger partial charge in [-0.2, -0.15) is 0 Å². The molecule has 0 saturated carbocycles. The maximum atomic E-state index is 13.9. The van der Waals surface area contributed by atoms with Gasteiger partial charge in [-0.25, -0.2) is 9.37 Å². The Balaban J connectivity index is 2.00. The van der Waals surface area contributed by atoms with Crippen LogP contribution in [0.15, 0.2) is 16.6 Å². The number of aromatic nitrogens is 2. The summed E-state index contributed by atoms with van der Waals surface area (Å²) in [7, 11) is 0. The van der Waals surface area contributed by atoms with Crippen LogP contribution in [0.2, 0.25) is 0 Å². The highest BCUT2D eigenvalue weighted by atomic mass is 79.9. The van der Waals surface area contributed by atoms with Gasteiger partial charge in [-0.1, -0.05) is 0 Å². The van der Waals surface area contributed by atoms with Crippen molar-refractivity contribution in [2.45, 2.75) is 25.8 Å². The number of fused-ring (bicyclic) bond motifs is 1. The average Bonchev–Trinajstić information content (AvgIpc) is 2.79.